The maximum absolute atomic E-state index is 12.2. The predicted octanol–water partition coefficient (Wildman–Crippen LogP) is 4.68. The molecule has 208 valence electrons. The summed E-state index contributed by atoms with van der Waals surface area (Å²) < 4.78 is 37.6. The number of likely N-dealkylation sites (tertiary alicyclic amines) is 1. The summed E-state index contributed by atoms with van der Waals surface area (Å²) in [5.41, 5.74) is 0.377. The molecule has 1 saturated heterocycles. The number of aliphatic carboxylic acids is 1. The molecule has 0 radical (unpaired) electrons. The molecule has 1 aromatic carbocycles. The van der Waals surface area contributed by atoms with Crippen molar-refractivity contribution in [2.45, 2.75) is 77.9 Å². The first-order valence-corrected chi connectivity index (χ1v) is 14.6. The van der Waals surface area contributed by atoms with Gasteiger partial charge in [-0.2, -0.15) is 0 Å². The normalized spacial score (nSPS) is 16.1. The van der Waals surface area contributed by atoms with Crippen LogP contribution in [-0.2, 0) is 19.6 Å². The number of carbonyl (C=O) groups excluding carboxylic acids is 1. The maximum atomic E-state index is 12.2. The lowest BCUT2D eigenvalue weighted by Crippen LogP contribution is -2.41. The molecule has 0 saturated carbocycles. The highest BCUT2D eigenvalue weighted by atomic mass is 32.2. The Balaban J connectivity index is 1.73. The fourth-order valence-electron chi connectivity index (χ4n) is 3.90. The fourth-order valence-corrected chi connectivity index (χ4v) is 5.32. The van der Waals surface area contributed by atoms with Crippen LogP contribution in [-0.4, -0.2) is 67.6 Å². The van der Waals surface area contributed by atoms with Crippen molar-refractivity contribution in [3.05, 3.63) is 35.9 Å². The van der Waals surface area contributed by atoms with Gasteiger partial charge in [0.05, 0.1) is 12.4 Å². The van der Waals surface area contributed by atoms with Crippen LogP contribution in [0.15, 0.2) is 30.3 Å². The molecule has 37 heavy (non-hydrogen) atoms. The van der Waals surface area contributed by atoms with E-state index in [2.05, 4.69) is 4.72 Å². The highest BCUT2D eigenvalue weighted by Crippen LogP contribution is 2.23. The van der Waals surface area contributed by atoms with Crippen LogP contribution >= 0.6 is 0 Å². The van der Waals surface area contributed by atoms with Crippen molar-refractivity contribution in [1.82, 2.24) is 9.62 Å². The number of rotatable bonds is 13. The molecule has 0 spiro atoms. The van der Waals surface area contributed by atoms with Crippen molar-refractivity contribution >= 4 is 28.2 Å². The molecule has 0 unspecified atom stereocenters. The van der Waals surface area contributed by atoms with E-state index >= 15 is 0 Å². The molecule has 1 fully saturated rings. The highest BCUT2D eigenvalue weighted by Gasteiger charge is 2.27. The second kappa shape index (κ2) is 14.4. The molecule has 1 amide bonds. The van der Waals surface area contributed by atoms with E-state index in [1.54, 1.807) is 17.1 Å². The molecule has 0 aromatic heterocycles. The Hall–Kier alpha value is -2.59. The van der Waals surface area contributed by atoms with Gasteiger partial charge in [-0.05, 0) is 76.5 Å². The Morgan fingerprint density at radius 2 is 1.84 bits per heavy atom. The number of carboxylic acid groups (broad SMARTS) is 1. The van der Waals surface area contributed by atoms with Crippen LogP contribution in [0.1, 0.15) is 71.8 Å². The first kappa shape index (κ1) is 30.6. The summed E-state index contributed by atoms with van der Waals surface area (Å²) in [5.74, 6) is -0.0362. The molecule has 2 N–H and O–H groups in total. The molecule has 9 nitrogen and oxygen atoms in total. The van der Waals surface area contributed by atoms with Gasteiger partial charge < -0.3 is 19.5 Å². The van der Waals surface area contributed by atoms with Gasteiger partial charge in [-0.1, -0.05) is 37.6 Å². The summed E-state index contributed by atoms with van der Waals surface area (Å²) in [5, 5.41) is 9.35. The van der Waals surface area contributed by atoms with Crippen molar-refractivity contribution in [2.75, 3.05) is 25.4 Å². The number of unbranched alkanes of at least 4 members (excludes halogenated alkanes) is 1. The third kappa shape index (κ3) is 12.0. The van der Waals surface area contributed by atoms with E-state index < -0.39 is 27.6 Å². The van der Waals surface area contributed by atoms with Gasteiger partial charge in [0.15, 0.2) is 0 Å². The summed E-state index contributed by atoms with van der Waals surface area (Å²) in [7, 11) is -3.62. The van der Waals surface area contributed by atoms with E-state index in [0.29, 0.717) is 38.5 Å². The van der Waals surface area contributed by atoms with Gasteiger partial charge >= 0.3 is 12.1 Å². The Morgan fingerprint density at radius 3 is 2.41 bits per heavy atom. The summed E-state index contributed by atoms with van der Waals surface area (Å²) in [6.45, 7) is 9.47. The Morgan fingerprint density at radius 1 is 1.19 bits per heavy atom. The van der Waals surface area contributed by atoms with E-state index in [0.717, 1.165) is 30.6 Å². The zero-order chi connectivity index (χ0) is 27.5. The lowest BCUT2D eigenvalue weighted by atomic mass is 9.94. The number of hydrogen-bond acceptors (Lipinski definition) is 6. The number of nitrogens with one attached hydrogen (secondary N) is 1. The summed E-state index contributed by atoms with van der Waals surface area (Å²) in [6.07, 6.45) is 7.19. The number of nitrogens with zero attached hydrogens (tertiary/aromatic N) is 1. The predicted molar refractivity (Wildman–Crippen MR) is 144 cm³/mol. The standard InChI is InChI=1S/C27H42N2O7S/c1-5-6-20-37(33,34)28-24(25(30)31)9-7-8-21-10-12-23(13-11-21)35-19-16-22-14-17-29(18-15-22)26(32)36-27(2,3)4/h7-8,10-13,22,24,28H,5-6,9,14-20H2,1-4H3,(H,30,31)/t24-/m0/s1. The quantitative estimate of drug-likeness (QED) is 0.374. The second-order valence-electron chi connectivity index (χ2n) is 10.4. The number of carboxylic acids is 1. The lowest BCUT2D eigenvalue weighted by molar-refractivity contribution is -0.138. The number of hydrogen-bond donors (Lipinski definition) is 2. The SMILES string of the molecule is CCCCS(=O)(=O)N[C@@H](CC=Cc1ccc(OCCC2CCN(C(=O)OC(C)(C)C)CC2)cc1)C(=O)O. The summed E-state index contributed by atoms with van der Waals surface area (Å²) in [4.78, 5) is 25.4. The van der Waals surface area contributed by atoms with Crippen molar-refractivity contribution in [2.24, 2.45) is 5.92 Å². The molecule has 2 rings (SSSR count). The molecule has 1 atom stereocenters. The minimum absolute atomic E-state index is 0.0473. The molecule has 1 aliphatic heterocycles. The maximum Gasteiger partial charge on any atom is 0.410 e. The number of piperidine rings is 1. The van der Waals surface area contributed by atoms with E-state index in [1.165, 1.54) is 0 Å². The Labute approximate surface area is 221 Å². The molecular weight excluding hydrogens is 496 g/mol. The monoisotopic (exact) mass is 538 g/mol. The van der Waals surface area contributed by atoms with Gasteiger partial charge in [0.2, 0.25) is 10.0 Å². The molecular formula is C27H42N2O7S. The largest absolute Gasteiger partial charge is 0.494 e. The average molecular weight is 539 g/mol. The van der Waals surface area contributed by atoms with E-state index in [1.807, 2.05) is 52.0 Å². The van der Waals surface area contributed by atoms with Crippen LogP contribution < -0.4 is 9.46 Å². The molecule has 10 heteroatoms. The van der Waals surface area contributed by atoms with Gasteiger partial charge in [0, 0.05) is 13.1 Å². The minimum atomic E-state index is -3.62. The van der Waals surface area contributed by atoms with Crippen LogP contribution in [0.5, 0.6) is 5.75 Å². The van der Waals surface area contributed by atoms with E-state index in [-0.39, 0.29) is 18.3 Å². The van der Waals surface area contributed by atoms with Gasteiger partial charge in [-0.25, -0.2) is 17.9 Å². The summed E-state index contributed by atoms with van der Waals surface area (Å²) >= 11 is 0. The van der Waals surface area contributed by atoms with Crippen LogP contribution in [0.25, 0.3) is 6.08 Å². The van der Waals surface area contributed by atoms with Crippen LogP contribution in [0.3, 0.4) is 0 Å². The third-order valence-electron chi connectivity index (χ3n) is 6.01. The van der Waals surface area contributed by atoms with Crippen molar-refractivity contribution in [1.29, 1.82) is 0 Å². The van der Waals surface area contributed by atoms with E-state index in [4.69, 9.17) is 9.47 Å². The zero-order valence-electron chi connectivity index (χ0n) is 22.4. The van der Waals surface area contributed by atoms with Crippen LogP contribution in [0.2, 0.25) is 0 Å². The number of carbonyl (C=O) groups is 2. The lowest BCUT2D eigenvalue weighted by Gasteiger charge is -2.33. The van der Waals surface area contributed by atoms with E-state index in [9.17, 15) is 23.1 Å². The van der Waals surface area contributed by atoms with Crippen LogP contribution in [0, 0.1) is 5.92 Å². The van der Waals surface area contributed by atoms with Crippen molar-refractivity contribution in [3.63, 3.8) is 0 Å². The molecule has 0 aliphatic carbocycles. The first-order chi connectivity index (χ1) is 17.4. The number of benzene rings is 1. The molecule has 0 bridgehead atoms. The highest BCUT2D eigenvalue weighted by molar-refractivity contribution is 7.89. The van der Waals surface area contributed by atoms with Gasteiger partial charge in [0.25, 0.3) is 0 Å². The van der Waals surface area contributed by atoms with Crippen LogP contribution in [0.4, 0.5) is 4.79 Å². The number of amides is 1. The average Bonchev–Trinajstić information content (AvgIpc) is 2.82. The molecule has 1 heterocycles. The minimum Gasteiger partial charge on any atom is -0.494 e. The number of sulfonamides is 1. The van der Waals surface area contributed by atoms with Crippen molar-refractivity contribution in [3.8, 4) is 5.75 Å². The Kier molecular flexibility index (Phi) is 11.9. The van der Waals surface area contributed by atoms with Gasteiger partial charge in [-0.15, -0.1) is 0 Å². The smallest absolute Gasteiger partial charge is 0.410 e. The molecule has 1 aromatic rings. The summed E-state index contributed by atoms with van der Waals surface area (Å²) in [6, 6.07) is 6.25. The topological polar surface area (TPSA) is 122 Å². The number of ether oxygens (including phenoxy) is 2. The van der Waals surface area contributed by atoms with Gasteiger partial charge in [0.1, 0.15) is 17.4 Å². The van der Waals surface area contributed by atoms with Crippen molar-refractivity contribution < 1.29 is 32.6 Å². The second-order valence-corrected chi connectivity index (χ2v) is 12.3. The fraction of sp³-hybridized carbons (Fsp3) is 0.630. The first-order valence-electron chi connectivity index (χ1n) is 13.0. The zero-order valence-corrected chi connectivity index (χ0v) is 23.3. The Bertz CT molecular complexity index is 993. The third-order valence-corrected chi connectivity index (χ3v) is 7.48. The van der Waals surface area contributed by atoms with Gasteiger partial charge in [-0.3, -0.25) is 4.79 Å². The molecule has 1 aliphatic rings.